The lowest BCUT2D eigenvalue weighted by Crippen LogP contribution is -2.41. The molecule has 1 amide bonds. The molecule has 0 saturated carbocycles. The van der Waals surface area contributed by atoms with Gasteiger partial charge in [0, 0.05) is 5.56 Å². The number of halogens is 5. The van der Waals surface area contributed by atoms with Crippen LogP contribution in [-0.2, 0) is 6.18 Å². The zero-order chi connectivity index (χ0) is 18.0. The molecule has 24 heavy (non-hydrogen) atoms. The summed E-state index contributed by atoms with van der Waals surface area (Å²) in [5, 5.41) is 5.57. The van der Waals surface area contributed by atoms with E-state index in [4.69, 9.17) is 5.73 Å². The van der Waals surface area contributed by atoms with E-state index in [0.29, 0.717) is 4.68 Å². The molecular weight excluding hydrogens is 335 g/mol. The molecule has 0 saturated heterocycles. The highest BCUT2D eigenvalue weighted by Crippen LogP contribution is 2.30. The number of rotatable bonds is 5. The van der Waals surface area contributed by atoms with Gasteiger partial charge in [0.25, 0.3) is 11.8 Å². The molecule has 1 heterocycles. The summed E-state index contributed by atoms with van der Waals surface area (Å²) in [7, 11) is 0. The summed E-state index contributed by atoms with van der Waals surface area (Å²) in [6, 6.07) is 5.84. The van der Waals surface area contributed by atoms with Gasteiger partial charge in [-0.3, -0.25) is 4.79 Å². The zero-order valence-corrected chi connectivity index (χ0v) is 12.1. The highest BCUT2D eigenvalue weighted by Gasteiger charge is 2.35. The molecule has 0 fully saturated rings. The number of carbonyl (C=O) groups is 1. The van der Waals surface area contributed by atoms with Crippen LogP contribution in [0.3, 0.4) is 0 Å². The average Bonchev–Trinajstić information content (AvgIpc) is 3.03. The molecule has 1 aromatic heterocycles. The molecule has 10 heteroatoms. The topological polar surface area (TPSA) is 72.9 Å². The van der Waals surface area contributed by atoms with Crippen molar-refractivity contribution in [2.24, 2.45) is 5.73 Å². The van der Waals surface area contributed by atoms with E-state index in [0.717, 1.165) is 18.3 Å². The van der Waals surface area contributed by atoms with E-state index in [9.17, 15) is 26.7 Å². The van der Waals surface area contributed by atoms with Crippen LogP contribution in [0.4, 0.5) is 22.0 Å². The quantitative estimate of drug-likeness (QED) is 0.814. The van der Waals surface area contributed by atoms with Crippen LogP contribution in [0.25, 0.3) is 5.69 Å². The van der Waals surface area contributed by atoms with Gasteiger partial charge in [0.15, 0.2) is 0 Å². The maximum absolute atomic E-state index is 13.0. The van der Waals surface area contributed by atoms with E-state index >= 15 is 0 Å². The van der Waals surface area contributed by atoms with Crippen LogP contribution in [0.1, 0.15) is 16.1 Å². The molecule has 1 aromatic carbocycles. The number of aromatic nitrogens is 2. The third-order valence-electron chi connectivity index (χ3n) is 3.09. The maximum Gasteiger partial charge on any atom is 0.433 e. The van der Waals surface area contributed by atoms with Crippen LogP contribution in [0.15, 0.2) is 36.5 Å². The molecule has 3 N–H and O–H groups in total. The van der Waals surface area contributed by atoms with Gasteiger partial charge in [-0.25, -0.2) is 13.5 Å². The minimum absolute atomic E-state index is 0.0226. The van der Waals surface area contributed by atoms with Crippen molar-refractivity contribution in [3.05, 3.63) is 47.8 Å². The summed E-state index contributed by atoms with van der Waals surface area (Å²) in [6.07, 6.45) is -3.66. The first-order valence-corrected chi connectivity index (χ1v) is 6.72. The van der Waals surface area contributed by atoms with Gasteiger partial charge in [-0.1, -0.05) is 6.07 Å². The van der Waals surface area contributed by atoms with E-state index in [1.54, 1.807) is 0 Å². The van der Waals surface area contributed by atoms with Gasteiger partial charge < -0.3 is 11.1 Å². The van der Waals surface area contributed by atoms with Crippen molar-refractivity contribution in [2.45, 2.75) is 12.1 Å². The molecule has 2 rings (SSSR count). The van der Waals surface area contributed by atoms with Crippen molar-refractivity contribution in [1.82, 2.24) is 15.1 Å². The van der Waals surface area contributed by atoms with Crippen LogP contribution >= 0.6 is 0 Å². The van der Waals surface area contributed by atoms with Crippen LogP contribution in [0.5, 0.6) is 0 Å². The van der Waals surface area contributed by atoms with Crippen LogP contribution < -0.4 is 11.1 Å². The normalized spacial score (nSPS) is 12.2. The van der Waals surface area contributed by atoms with Gasteiger partial charge >= 0.3 is 6.18 Å². The standard InChI is InChI=1S/C14H13F5N4O/c15-13(16,7-20)8-21-12(24)9-2-1-3-10(6-9)23-11(4-5-22-23)14(17,18)19/h1-6H,7-8,20H2,(H,21,24). The zero-order valence-electron chi connectivity index (χ0n) is 12.1. The third kappa shape index (κ3) is 4.07. The van der Waals surface area contributed by atoms with Crippen LogP contribution in [0.2, 0.25) is 0 Å². The summed E-state index contributed by atoms with van der Waals surface area (Å²) in [6.45, 7) is -1.91. The number of hydrogen-bond donors (Lipinski definition) is 2. The minimum atomic E-state index is -4.63. The lowest BCUT2D eigenvalue weighted by molar-refractivity contribution is -0.142. The average molecular weight is 348 g/mol. The Morgan fingerprint density at radius 1 is 1.21 bits per heavy atom. The number of benzene rings is 1. The Morgan fingerprint density at radius 3 is 2.54 bits per heavy atom. The molecule has 0 aliphatic heterocycles. The third-order valence-corrected chi connectivity index (χ3v) is 3.09. The molecule has 130 valence electrons. The number of nitrogens with one attached hydrogen (secondary N) is 1. The molecule has 0 spiro atoms. The smallest absolute Gasteiger partial charge is 0.346 e. The van der Waals surface area contributed by atoms with Gasteiger partial charge in [0.2, 0.25) is 0 Å². The molecule has 0 aliphatic carbocycles. The number of nitrogens with two attached hydrogens (primary N) is 1. The van der Waals surface area contributed by atoms with E-state index in [2.05, 4.69) is 5.10 Å². The fourth-order valence-electron chi connectivity index (χ4n) is 1.89. The fraction of sp³-hybridized carbons (Fsp3) is 0.286. The molecule has 0 bridgehead atoms. The number of amides is 1. The second kappa shape index (κ2) is 6.56. The first kappa shape index (κ1) is 17.9. The summed E-state index contributed by atoms with van der Waals surface area (Å²) in [4.78, 5) is 11.9. The van der Waals surface area contributed by atoms with Gasteiger partial charge in [-0.05, 0) is 24.3 Å². The Labute approximate surface area is 133 Å². The molecular formula is C14H13F5N4O. The number of nitrogens with zero attached hydrogens (tertiary/aromatic N) is 2. The molecule has 0 radical (unpaired) electrons. The second-order valence-corrected chi connectivity index (χ2v) is 4.92. The first-order chi connectivity index (χ1) is 11.1. The Hall–Kier alpha value is -2.49. The first-order valence-electron chi connectivity index (χ1n) is 6.72. The lowest BCUT2D eigenvalue weighted by Gasteiger charge is -2.15. The van der Waals surface area contributed by atoms with Gasteiger partial charge in [0.1, 0.15) is 5.69 Å². The summed E-state index contributed by atoms with van der Waals surface area (Å²) >= 11 is 0. The molecule has 5 nitrogen and oxygen atoms in total. The SMILES string of the molecule is NCC(F)(F)CNC(=O)c1cccc(-n2nccc2C(F)(F)F)c1. The Bertz CT molecular complexity index is 726. The van der Waals surface area contributed by atoms with Gasteiger partial charge in [0.05, 0.1) is 25.0 Å². The fourth-order valence-corrected chi connectivity index (χ4v) is 1.89. The van der Waals surface area contributed by atoms with Crippen molar-refractivity contribution in [3.8, 4) is 5.69 Å². The molecule has 0 atom stereocenters. The lowest BCUT2D eigenvalue weighted by atomic mass is 10.2. The Kier molecular flexibility index (Phi) is 4.88. The highest BCUT2D eigenvalue weighted by molar-refractivity contribution is 5.94. The van der Waals surface area contributed by atoms with Crippen molar-refractivity contribution in [1.29, 1.82) is 0 Å². The number of hydrogen-bond acceptors (Lipinski definition) is 3. The predicted molar refractivity (Wildman–Crippen MR) is 74.9 cm³/mol. The summed E-state index contributed by atoms with van der Waals surface area (Å²) < 4.78 is 65.3. The van der Waals surface area contributed by atoms with Crippen LogP contribution in [-0.4, -0.2) is 34.7 Å². The van der Waals surface area contributed by atoms with Gasteiger partial charge in [-0.2, -0.15) is 18.3 Å². The van der Waals surface area contributed by atoms with E-state index in [1.165, 1.54) is 18.2 Å². The van der Waals surface area contributed by atoms with E-state index in [1.807, 2.05) is 5.32 Å². The second-order valence-electron chi connectivity index (χ2n) is 4.92. The summed E-state index contributed by atoms with van der Waals surface area (Å²) in [5.74, 6) is -4.12. The van der Waals surface area contributed by atoms with Gasteiger partial charge in [-0.15, -0.1) is 0 Å². The largest absolute Gasteiger partial charge is 0.433 e. The Balaban J connectivity index is 2.24. The monoisotopic (exact) mass is 348 g/mol. The van der Waals surface area contributed by atoms with Crippen molar-refractivity contribution < 1.29 is 26.7 Å². The molecule has 2 aromatic rings. The summed E-state index contributed by atoms with van der Waals surface area (Å²) in [5.41, 5.74) is 3.74. The van der Waals surface area contributed by atoms with E-state index < -0.39 is 36.8 Å². The number of alkyl halides is 5. The minimum Gasteiger partial charge on any atom is -0.346 e. The van der Waals surface area contributed by atoms with E-state index in [-0.39, 0.29) is 11.3 Å². The molecule has 0 aliphatic rings. The highest BCUT2D eigenvalue weighted by atomic mass is 19.4. The predicted octanol–water partition coefficient (Wildman–Crippen LogP) is 2.21. The van der Waals surface area contributed by atoms with Crippen molar-refractivity contribution in [2.75, 3.05) is 13.1 Å². The van der Waals surface area contributed by atoms with Crippen molar-refractivity contribution in [3.63, 3.8) is 0 Å². The number of carbonyl (C=O) groups excluding carboxylic acids is 1. The van der Waals surface area contributed by atoms with Crippen LogP contribution in [0, 0.1) is 0 Å². The van der Waals surface area contributed by atoms with Crippen molar-refractivity contribution >= 4 is 5.91 Å². The Morgan fingerprint density at radius 2 is 1.92 bits per heavy atom. The molecule has 0 unspecified atom stereocenters. The maximum atomic E-state index is 13.0.